The fourth-order valence-corrected chi connectivity index (χ4v) is 4.88. The third kappa shape index (κ3) is 2.82. The molecular formula is C14H8F3NO4S2. The van der Waals surface area contributed by atoms with Crippen LogP contribution in [0.4, 0.5) is 18.9 Å². The lowest BCUT2D eigenvalue weighted by molar-refractivity contribution is -0.167. The molecule has 0 aliphatic carbocycles. The molecule has 5 nitrogen and oxygen atoms in total. The Morgan fingerprint density at radius 2 is 1.92 bits per heavy atom. The summed E-state index contributed by atoms with van der Waals surface area (Å²) in [5, 5.41) is 3.18. The third-order valence-electron chi connectivity index (χ3n) is 3.38. The Bertz CT molecular complexity index is 961. The average molecular weight is 375 g/mol. The summed E-state index contributed by atoms with van der Waals surface area (Å²) in [4.78, 5) is 23.3. The number of hydrogen-bond donors (Lipinski definition) is 1. The van der Waals surface area contributed by atoms with Gasteiger partial charge in [0, 0.05) is 11.3 Å². The molecule has 0 saturated carbocycles. The molecular weight excluding hydrogens is 367 g/mol. The molecule has 0 atom stereocenters. The molecule has 1 aromatic carbocycles. The zero-order valence-electron chi connectivity index (χ0n) is 11.7. The predicted octanol–water partition coefficient (Wildman–Crippen LogP) is 2.77. The summed E-state index contributed by atoms with van der Waals surface area (Å²) in [6.07, 6.45) is -5.11. The SMILES string of the molecule is O=C1c2ccc(NC(=O)C(F)(F)F)cc2S(=O)(=O)Cc2ccsc21. The second kappa shape index (κ2) is 5.42. The maximum absolute atomic E-state index is 12.5. The first-order valence-corrected chi connectivity index (χ1v) is 8.99. The normalized spacial score (nSPS) is 16.0. The molecule has 1 aliphatic heterocycles. The molecule has 10 heteroatoms. The van der Waals surface area contributed by atoms with Crippen molar-refractivity contribution >= 4 is 38.6 Å². The van der Waals surface area contributed by atoms with Crippen molar-refractivity contribution in [1.29, 1.82) is 0 Å². The van der Waals surface area contributed by atoms with Gasteiger partial charge in [-0.1, -0.05) is 0 Å². The molecule has 2 heterocycles. The lowest BCUT2D eigenvalue weighted by atomic mass is 10.1. The first-order valence-electron chi connectivity index (χ1n) is 6.45. The van der Waals surface area contributed by atoms with Gasteiger partial charge >= 0.3 is 12.1 Å². The van der Waals surface area contributed by atoms with Crippen molar-refractivity contribution in [1.82, 2.24) is 0 Å². The molecule has 126 valence electrons. The highest BCUT2D eigenvalue weighted by molar-refractivity contribution is 7.90. The van der Waals surface area contributed by atoms with Gasteiger partial charge in [0.1, 0.15) is 0 Å². The van der Waals surface area contributed by atoms with E-state index in [1.54, 1.807) is 10.7 Å². The van der Waals surface area contributed by atoms with Gasteiger partial charge in [0.15, 0.2) is 9.84 Å². The molecule has 0 unspecified atom stereocenters. The summed E-state index contributed by atoms with van der Waals surface area (Å²) in [5.74, 6) is -3.16. The van der Waals surface area contributed by atoms with Crippen LogP contribution in [0.3, 0.4) is 0 Å². The molecule has 0 fully saturated rings. The highest BCUT2D eigenvalue weighted by Crippen LogP contribution is 2.34. The van der Waals surface area contributed by atoms with Crippen molar-refractivity contribution in [2.45, 2.75) is 16.8 Å². The summed E-state index contributed by atoms with van der Waals surface area (Å²) in [6.45, 7) is 0. The summed E-state index contributed by atoms with van der Waals surface area (Å²) in [7, 11) is -3.94. The number of ketones is 1. The Hall–Kier alpha value is -2.20. The quantitative estimate of drug-likeness (QED) is 0.831. The van der Waals surface area contributed by atoms with Crippen LogP contribution in [0.5, 0.6) is 0 Å². The van der Waals surface area contributed by atoms with Gasteiger partial charge in [-0.05, 0) is 35.2 Å². The maximum atomic E-state index is 12.5. The highest BCUT2D eigenvalue weighted by Gasteiger charge is 2.39. The molecule has 0 bridgehead atoms. The van der Waals surface area contributed by atoms with Crippen LogP contribution in [0.15, 0.2) is 34.5 Å². The van der Waals surface area contributed by atoms with E-state index in [0.717, 1.165) is 29.5 Å². The maximum Gasteiger partial charge on any atom is 0.471 e. The van der Waals surface area contributed by atoms with E-state index in [9.17, 15) is 31.2 Å². The molecule has 0 saturated heterocycles. The minimum Gasteiger partial charge on any atom is -0.318 e. The fraction of sp³-hybridized carbons (Fsp3) is 0.143. The van der Waals surface area contributed by atoms with Gasteiger partial charge in [0.25, 0.3) is 0 Å². The van der Waals surface area contributed by atoms with E-state index in [0.29, 0.717) is 5.56 Å². The Kier molecular flexibility index (Phi) is 3.76. The fourth-order valence-electron chi connectivity index (χ4n) is 2.30. The second-order valence-electron chi connectivity index (χ2n) is 5.03. The molecule has 1 N–H and O–H groups in total. The molecule has 0 spiro atoms. The number of sulfone groups is 1. The molecule has 24 heavy (non-hydrogen) atoms. The largest absolute Gasteiger partial charge is 0.471 e. The van der Waals surface area contributed by atoms with Gasteiger partial charge in [-0.15, -0.1) is 11.3 Å². The van der Waals surface area contributed by atoms with Gasteiger partial charge in [-0.25, -0.2) is 8.42 Å². The Balaban J connectivity index is 2.09. The first-order chi connectivity index (χ1) is 11.1. The van der Waals surface area contributed by atoms with Gasteiger partial charge in [-0.3, -0.25) is 9.59 Å². The third-order valence-corrected chi connectivity index (χ3v) is 6.03. The highest BCUT2D eigenvalue weighted by atomic mass is 32.2. The Morgan fingerprint density at radius 1 is 1.21 bits per heavy atom. The van der Waals surface area contributed by atoms with Crippen LogP contribution in [0, 0.1) is 0 Å². The minimum absolute atomic E-state index is 0.124. The Labute approximate surface area is 138 Å². The van der Waals surface area contributed by atoms with Gasteiger partial charge in [0.05, 0.1) is 15.5 Å². The van der Waals surface area contributed by atoms with Gasteiger partial charge in [-0.2, -0.15) is 13.2 Å². The van der Waals surface area contributed by atoms with Crippen LogP contribution >= 0.6 is 11.3 Å². The van der Waals surface area contributed by atoms with Crippen molar-refractivity contribution in [2.75, 3.05) is 5.32 Å². The van der Waals surface area contributed by atoms with E-state index >= 15 is 0 Å². The van der Waals surface area contributed by atoms with E-state index in [-0.39, 0.29) is 16.1 Å². The van der Waals surface area contributed by atoms with Crippen LogP contribution in [-0.4, -0.2) is 26.3 Å². The minimum atomic E-state index is -5.11. The number of fused-ring (bicyclic) bond motifs is 2. The summed E-state index contributed by atoms with van der Waals surface area (Å²) in [5.41, 5.74) is -0.124. The van der Waals surface area contributed by atoms with Crippen molar-refractivity contribution < 1.29 is 31.2 Å². The number of halogens is 3. The zero-order valence-corrected chi connectivity index (χ0v) is 13.3. The zero-order chi connectivity index (χ0) is 17.7. The van der Waals surface area contributed by atoms with E-state index in [1.165, 1.54) is 6.07 Å². The van der Waals surface area contributed by atoms with Gasteiger partial charge < -0.3 is 5.32 Å². The second-order valence-corrected chi connectivity index (χ2v) is 7.90. The standard InChI is InChI=1S/C14H8F3NO4S2/c15-14(16,17)13(20)18-8-1-2-9-10(5-8)24(21,22)6-7-3-4-23-12(7)11(9)19/h1-5H,6H2,(H,18,20). The number of carbonyl (C=O) groups is 2. The predicted molar refractivity (Wildman–Crippen MR) is 79.8 cm³/mol. The summed E-state index contributed by atoms with van der Waals surface area (Å²) < 4.78 is 61.8. The van der Waals surface area contributed by atoms with Crippen molar-refractivity contribution in [2.24, 2.45) is 0 Å². The average Bonchev–Trinajstić information content (AvgIpc) is 2.90. The summed E-state index contributed by atoms with van der Waals surface area (Å²) >= 11 is 1.10. The van der Waals surface area contributed by atoms with Crippen molar-refractivity contribution in [3.05, 3.63) is 45.6 Å². The summed E-state index contributed by atoms with van der Waals surface area (Å²) in [6, 6.07) is 4.57. The Morgan fingerprint density at radius 3 is 2.58 bits per heavy atom. The number of nitrogens with one attached hydrogen (secondary N) is 1. The number of benzene rings is 1. The number of hydrogen-bond acceptors (Lipinski definition) is 5. The lowest BCUT2D eigenvalue weighted by Gasteiger charge is -2.11. The number of thiophene rings is 1. The van der Waals surface area contributed by atoms with E-state index in [4.69, 9.17) is 0 Å². The van der Waals surface area contributed by atoms with E-state index in [1.807, 2.05) is 0 Å². The van der Waals surface area contributed by atoms with Crippen molar-refractivity contribution in [3.8, 4) is 0 Å². The molecule has 2 aromatic rings. The molecule has 1 aliphatic rings. The van der Waals surface area contributed by atoms with E-state index < -0.39 is 38.4 Å². The number of carbonyl (C=O) groups excluding carboxylic acids is 2. The molecule has 3 rings (SSSR count). The van der Waals surface area contributed by atoms with Crippen LogP contribution in [0.25, 0.3) is 0 Å². The molecule has 0 radical (unpaired) electrons. The number of amides is 1. The molecule has 1 amide bonds. The first kappa shape index (κ1) is 16.7. The van der Waals surface area contributed by atoms with Crippen LogP contribution in [0.1, 0.15) is 20.8 Å². The van der Waals surface area contributed by atoms with E-state index in [2.05, 4.69) is 0 Å². The van der Waals surface area contributed by atoms with Crippen LogP contribution in [-0.2, 0) is 20.4 Å². The number of alkyl halides is 3. The topological polar surface area (TPSA) is 80.3 Å². The van der Waals surface area contributed by atoms with Crippen molar-refractivity contribution in [3.63, 3.8) is 0 Å². The van der Waals surface area contributed by atoms with Gasteiger partial charge in [0.2, 0.25) is 5.78 Å². The molecule has 1 aromatic heterocycles. The monoisotopic (exact) mass is 375 g/mol. The lowest BCUT2D eigenvalue weighted by Crippen LogP contribution is -2.30. The van der Waals surface area contributed by atoms with Crippen LogP contribution in [0.2, 0.25) is 0 Å². The number of anilines is 1. The number of rotatable bonds is 1. The van der Waals surface area contributed by atoms with Crippen LogP contribution < -0.4 is 5.32 Å². The smallest absolute Gasteiger partial charge is 0.318 e.